The van der Waals surface area contributed by atoms with Crippen LogP contribution in [0.4, 0.5) is 17.1 Å². The van der Waals surface area contributed by atoms with Gasteiger partial charge in [0.15, 0.2) is 0 Å². The number of primary amides is 1. The van der Waals surface area contributed by atoms with Crippen molar-refractivity contribution >= 4 is 23.0 Å². The summed E-state index contributed by atoms with van der Waals surface area (Å²) in [5, 5.41) is 7.28. The fraction of sp³-hybridized carbons (Fsp3) is 0.167. The van der Waals surface area contributed by atoms with E-state index in [-0.39, 0.29) is 0 Å². The first-order valence-corrected chi connectivity index (χ1v) is 5.59. The normalized spacial score (nSPS) is 10.3. The van der Waals surface area contributed by atoms with Crippen LogP contribution < -0.4 is 16.8 Å². The third-order valence-electron chi connectivity index (χ3n) is 2.57. The van der Waals surface area contributed by atoms with Gasteiger partial charge in [-0.05, 0) is 25.1 Å². The van der Waals surface area contributed by atoms with E-state index in [0.29, 0.717) is 11.3 Å². The lowest BCUT2D eigenvalue weighted by Gasteiger charge is -2.08. The molecule has 0 saturated carbocycles. The van der Waals surface area contributed by atoms with Gasteiger partial charge in [-0.1, -0.05) is 0 Å². The highest BCUT2D eigenvalue weighted by atomic mass is 16.1. The molecule has 5 N–H and O–H groups in total. The molecule has 1 heterocycles. The molecule has 0 radical (unpaired) electrons. The van der Waals surface area contributed by atoms with Crippen molar-refractivity contribution in [2.75, 3.05) is 11.1 Å². The Morgan fingerprint density at radius 3 is 2.83 bits per heavy atom. The van der Waals surface area contributed by atoms with Gasteiger partial charge in [0.25, 0.3) is 0 Å². The number of nitrogens with zero attached hydrogens (tertiary/aromatic N) is 2. The second kappa shape index (κ2) is 4.79. The Bertz CT molecular complexity index is 576. The minimum Gasteiger partial charge on any atom is -0.397 e. The zero-order valence-corrected chi connectivity index (χ0v) is 10.1. The van der Waals surface area contributed by atoms with Gasteiger partial charge in [-0.3, -0.25) is 9.48 Å². The quantitative estimate of drug-likeness (QED) is 0.707. The largest absolute Gasteiger partial charge is 0.397 e. The zero-order valence-electron chi connectivity index (χ0n) is 10.1. The highest BCUT2D eigenvalue weighted by molar-refractivity contribution is 5.95. The summed E-state index contributed by atoms with van der Waals surface area (Å²) in [6.07, 6.45) is 3.59. The monoisotopic (exact) mass is 245 g/mol. The molecular weight excluding hydrogens is 230 g/mol. The van der Waals surface area contributed by atoms with Crippen LogP contribution in [0.3, 0.4) is 0 Å². The minimum absolute atomic E-state index is 0.391. The fourth-order valence-electron chi connectivity index (χ4n) is 1.59. The Morgan fingerprint density at radius 1 is 1.50 bits per heavy atom. The van der Waals surface area contributed by atoms with Crippen molar-refractivity contribution in [3.05, 3.63) is 36.2 Å². The number of carbonyl (C=O) groups excluding carboxylic acids is 1. The summed E-state index contributed by atoms with van der Waals surface area (Å²) in [7, 11) is 0. The average Bonchev–Trinajstić information content (AvgIpc) is 2.79. The van der Waals surface area contributed by atoms with E-state index in [0.717, 1.165) is 17.9 Å². The van der Waals surface area contributed by atoms with Gasteiger partial charge in [0.2, 0.25) is 5.91 Å². The van der Waals surface area contributed by atoms with Crippen LogP contribution in [-0.2, 0) is 6.54 Å². The van der Waals surface area contributed by atoms with Crippen molar-refractivity contribution < 1.29 is 4.79 Å². The molecule has 6 heteroatoms. The molecule has 1 aromatic carbocycles. The van der Waals surface area contributed by atoms with Crippen LogP contribution in [0.2, 0.25) is 0 Å². The van der Waals surface area contributed by atoms with Crippen molar-refractivity contribution in [3.8, 4) is 0 Å². The molecule has 2 aromatic rings. The van der Waals surface area contributed by atoms with Crippen LogP contribution in [0, 0.1) is 0 Å². The van der Waals surface area contributed by atoms with E-state index in [2.05, 4.69) is 10.4 Å². The van der Waals surface area contributed by atoms with Gasteiger partial charge in [0.05, 0.1) is 23.3 Å². The maximum Gasteiger partial charge on any atom is 0.248 e. The van der Waals surface area contributed by atoms with Crippen LogP contribution in [0.25, 0.3) is 0 Å². The van der Waals surface area contributed by atoms with E-state index in [1.807, 2.05) is 13.1 Å². The number of benzene rings is 1. The second-order valence-corrected chi connectivity index (χ2v) is 3.88. The number of amides is 1. The maximum absolute atomic E-state index is 11.0. The Hall–Kier alpha value is -2.50. The topological polar surface area (TPSA) is 99.0 Å². The van der Waals surface area contributed by atoms with Crippen LogP contribution in [-0.4, -0.2) is 15.7 Å². The summed E-state index contributed by atoms with van der Waals surface area (Å²) in [5.41, 5.74) is 13.4. The SMILES string of the molecule is CCn1cc(Nc2ccc(C(N)=O)cc2N)cn1. The van der Waals surface area contributed by atoms with Crippen LogP contribution in [0.15, 0.2) is 30.6 Å². The summed E-state index contributed by atoms with van der Waals surface area (Å²) >= 11 is 0. The van der Waals surface area contributed by atoms with Gasteiger partial charge in [-0.25, -0.2) is 0 Å². The van der Waals surface area contributed by atoms with Gasteiger partial charge >= 0.3 is 0 Å². The minimum atomic E-state index is -0.493. The molecule has 2 rings (SSSR count). The Balaban J connectivity index is 2.21. The molecule has 0 aliphatic rings. The number of nitrogen functional groups attached to an aromatic ring is 1. The highest BCUT2D eigenvalue weighted by Crippen LogP contribution is 2.23. The summed E-state index contributed by atoms with van der Waals surface area (Å²) in [6, 6.07) is 4.90. The maximum atomic E-state index is 11.0. The standard InChI is InChI=1S/C12H15N5O/c1-2-17-7-9(6-15-17)16-11-4-3-8(12(14)18)5-10(11)13/h3-7,16H,2,13H2,1H3,(H2,14,18). The predicted octanol–water partition coefficient (Wildman–Crippen LogP) is 1.33. The lowest BCUT2D eigenvalue weighted by atomic mass is 10.1. The fourth-order valence-corrected chi connectivity index (χ4v) is 1.59. The highest BCUT2D eigenvalue weighted by Gasteiger charge is 2.06. The first-order chi connectivity index (χ1) is 8.60. The first kappa shape index (κ1) is 12.0. The summed E-state index contributed by atoms with van der Waals surface area (Å²) in [4.78, 5) is 11.0. The summed E-state index contributed by atoms with van der Waals surface area (Å²) in [6.45, 7) is 2.81. The predicted molar refractivity (Wildman–Crippen MR) is 70.6 cm³/mol. The van der Waals surface area contributed by atoms with Crippen LogP contribution in [0.1, 0.15) is 17.3 Å². The lowest BCUT2D eigenvalue weighted by Crippen LogP contribution is -2.11. The number of aryl methyl sites for hydroxylation is 1. The molecule has 18 heavy (non-hydrogen) atoms. The molecule has 0 aliphatic carbocycles. The third-order valence-corrected chi connectivity index (χ3v) is 2.57. The smallest absolute Gasteiger partial charge is 0.248 e. The number of carbonyl (C=O) groups is 1. The van der Waals surface area contributed by atoms with E-state index in [1.165, 1.54) is 0 Å². The van der Waals surface area contributed by atoms with E-state index in [9.17, 15) is 4.79 Å². The molecule has 0 aliphatic heterocycles. The third kappa shape index (κ3) is 2.42. The second-order valence-electron chi connectivity index (χ2n) is 3.88. The molecule has 0 fully saturated rings. The first-order valence-electron chi connectivity index (χ1n) is 5.59. The summed E-state index contributed by atoms with van der Waals surface area (Å²) < 4.78 is 1.80. The molecule has 0 bridgehead atoms. The Labute approximate surface area is 105 Å². The van der Waals surface area contributed by atoms with Gasteiger partial charge in [0, 0.05) is 18.3 Å². The molecule has 0 saturated heterocycles. The van der Waals surface area contributed by atoms with Crippen molar-refractivity contribution in [2.24, 2.45) is 5.73 Å². The van der Waals surface area contributed by atoms with Crippen LogP contribution >= 0.6 is 0 Å². The molecule has 6 nitrogen and oxygen atoms in total. The van der Waals surface area contributed by atoms with Gasteiger partial charge in [-0.2, -0.15) is 5.10 Å². The van der Waals surface area contributed by atoms with E-state index >= 15 is 0 Å². The number of anilines is 3. The van der Waals surface area contributed by atoms with Gasteiger partial charge in [0.1, 0.15) is 0 Å². The zero-order chi connectivity index (χ0) is 13.1. The number of hydrogen-bond donors (Lipinski definition) is 3. The van der Waals surface area contributed by atoms with Gasteiger partial charge < -0.3 is 16.8 Å². The molecule has 94 valence electrons. The average molecular weight is 245 g/mol. The molecule has 1 aromatic heterocycles. The van der Waals surface area contributed by atoms with Crippen molar-refractivity contribution in [2.45, 2.75) is 13.5 Å². The van der Waals surface area contributed by atoms with E-state index in [4.69, 9.17) is 11.5 Å². The Morgan fingerprint density at radius 2 is 2.28 bits per heavy atom. The molecule has 1 amide bonds. The number of hydrogen-bond acceptors (Lipinski definition) is 4. The molecule has 0 unspecified atom stereocenters. The molecule has 0 spiro atoms. The molecular formula is C12H15N5O. The van der Waals surface area contributed by atoms with E-state index < -0.39 is 5.91 Å². The van der Waals surface area contributed by atoms with Crippen molar-refractivity contribution in [1.29, 1.82) is 0 Å². The number of aromatic nitrogens is 2. The van der Waals surface area contributed by atoms with E-state index in [1.54, 1.807) is 29.1 Å². The number of nitrogens with two attached hydrogens (primary N) is 2. The van der Waals surface area contributed by atoms with Gasteiger partial charge in [-0.15, -0.1) is 0 Å². The summed E-state index contributed by atoms with van der Waals surface area (Å²) in [5.74, 6) is -0.493. The Kier molecular flexibility index (Phi) is 3.18. The lowest BCUT2D eigenvalue weighted by molar-refractivity contribution is 0.100. The van der Waals surface area contributed by atoms with Crippen LogP contribution in [0.5, 0.6) is 0 Å². The van der Waals surface area contributed by atoms with Crippen molar-refractivity contribution in [1.82, 2.24) is 9.78 Å². The van der Waals surface area contributed by atoms with Crippen molar-refractivity contribution in [3.63, 3.8) is 0 Å². The number of rotatable bonds is 4. The molecule has 0 atom stereocenters. The number of nitrogens with one attached hydrogen (secondary N) is 1.